The molecule has 13 nitrogen and oxygen atoms in total. The number of carbonyl (C=O) groups is 6. The zero-order chi connectivity index (χ0) is 21.0. The first-order valence-corrected chi connectivity index (χ1v) is 7.88. The summed E-state index contributed by atoms with van der Waals surface area (Å²) in [7, 11) is 0. The van der Waals surface area contributed by atoms with Crippen LogP contribution in [0.2, 0.25) is 0 Å². The number of nitrogens with two attached hydrogens (primary N) is 1. The molecule has 5 amide bonds. The Bertz CT molecular complexity index is 593. The lowest BCUT2D eigenvalue weighted by Crippen LogP contribution is -2.50. The molecule has 0 saturated heterocycles. The quantitative estimate of drug-likeness (QED) is 0.183. The van der Waals surface area contributed by atoms with Gasteiger partial charge in [0.2, 0.25) is 29.5 Å². The van der Waals surface area contributed by atoms with Crippen LogP contribution >= 0.6 is 0 Å². The summed E-state index contributed by atoms with van der Waals surface area (Å²) in [6.07, 6.45) is 0. The maximum Gasteiger partial charge on any atom is 0.322 e. The Kier molecular flexibility index (Phi) is 10.7. The third-order valence-corrected chi connectivity index (χ3v) is 2.91. The molecule has 0 spiro atoms. The van der Waals surface area contributed by atoms with Gasteiger partial charge in [0.15, 0.2) is 0 Å². The van der Waals surface area contributed by atoms with Crippen molar-refractivity contribution in [3.63, 3.8) is 0 Å². The number of nitrogens with one attached hydrogen (secondary N) is 5. The maximum absolute atomic E-state index is 11.7. The Labute approximate surface area is 154 Å². The normalized spacial score (nSPS) is 12.1. The Morgan fingerprint density at radius 2 is 1.19 bits per heavy atom. The predicted molar refractivity (Wildman–Crippen MR) is 90.9 cm³/mol. The molecule has 0 heterocycles. The SMILES string of the molecule is C[C@H](N)C(=O)NCC(=O)NCC(=O)N[C@@H](C)C(=O)NCC(=O)NCC(=O)O. The standard InChI is InChI=1S/C14H24N6O7/c1-7(15)13(26)18-3-9(21)16-5-11(23)20-8(2)14(27)19-4-10(22)17-6-12(24)25/h7-8H,3-6,15H2,1-2H3,(H,16,21)(H,17,22)(H,18,26)(H,19,27)(H,20,23)(H,24,25)/t7-,8-/m0/s1. The minimum absolute atomic E-state index is 0.352. The lowest BCUT2D eigenvalue weighted by atomic mass is 10.3. The van der Waals surface area contributed by atoms with Crippen LogP contribution in [0.4, 0.5) is 0 Å². The lowest BCUT2D eigenvalue weighted by Gasteiger charge is -2.14. The van der Waals surface area contributed by atoms with Gasteiger partial charge in [0.05, 0.1) is 25.7 Å². The zero-order valence-corrected chi connectivity index (χ0v) is 15.0. The molecule has 0 unspecified atom stereocenters. The second-order valence-electron chi connectivity index (χ2n) is 5.46. The number of aliphatic carboxylic acids is 1. The van der Waals surface area contributed by atoms with E-state index in [0.717, 1.165) is 0 Å². The van der Waals surface area contributed by atoms with Gasteiger partial charge < -0.3 is 37.4 Å². The van der Waals surface area contributed by atoms with Crippen LogP contribution in [0.1, 0.15) is 13.8 Å². The number of hydrogen-bond donors (Lipinski definition) is 7. The second-order valence-corrected chi connectivity index (χ2v) is 5.46. The first-order valence-electron chi connectivity index (χ1n) is 7.88. The van der Waals surface area contributed by atoms with Crippen LogP contribution in [0.25, 0.3) is 0 Å². The fourth-order valence-corrected chi connectivity index (χ4v) is 1.48. The van der Waals surface area contributed by atoms with Crippen molar-refractivity contribution < 1.29 is 33.9 Å². The van der Waals surface area contributed by atoms with Crippen molar-refractivity contribution in [1.29, 1.82) is 0 Å². The van der Waals surface area contributed by atoms with Crippen molar-refractivity contribution in [2.75, 3.05) is 26.2 Å². The second kappa shape index (κ2) is 12.2. The average molecular weight is 388 g/mol. The van der Waals surface area contributed by atoms with Gasteiger partial charge in [-0.05, 0) is 13.8 Å². The van der Waals surface area contributed by atoms with Crippen LogP contribution in [-0.2, 0) is 28.8 Å². The van der Waals surface area contributed by atoms with Crippen LogP contribution in [0.15, 0.2) is 0 Å². The number of amides is 5. The number of carboxylic acids is 1. The van der Waals surface area contributed by atoms with E-state index in [1.807, 2.05) is 0 Å². The van der Waals surface area contributed by atoms with E-state index in [0.29, 0.717) is 0 Å². The molecule has 0 aliphatic carbocycles. The van der Waals surface area contributed by atoms with Gasteiger partial charge in [-0.25, -0.2) is 0 Å². The summed E-state index contributed by atoms with van der Waals surface area (Å²) in [5.41, 5.74) is 5.30. The smallest absolute Gasteiger partial charge is 0.322 e. The van der Waals surface area contributed by atoms with Gasteiger partial charge >= 0.3 is 5.97 Å². The van der Waals surface area contributed by atoms with Crippen LogP contribution in [0.5, 0.6) is 0 Å². The Morgan fingerprint density at radius 1 is 0.741 bits per heavy atom. The Hall–Kier alpha value is -3.22. The minimum Gasteiger partial charge on any atom is -0.480 e. The monoisotopic (exact) mass is 388 g/mol. The molecule has 2 atom stereocenters. The average Bonchev–Trinajstić information content (AvgIpc) is 2.60. The van der Waals surface area contributed by atoms with Gasteiger partial charge in [-0.1, -0.05) is 0 Å². The molecule has 0 saturated carbocycles. The molecule has 13 heteroatoms. The van der Waals surface area contributed by atoms with Gasteiger partial charge in [0.25, 0.3) is 0 Å². The molecule has 0 rings (SSSR count). The van der Waals surface area contributed by atoms with E-state index < -0.39 is 67.2 Å². The molecule has 0 aliphatic rings. The van der Waals surface area contributed by atoms with Gasteiger partial charge in [0.1, 0.15) is 12.6 Å². The first-order chi connectivity index (χ1) is 12.5. The van der Waals surface area contributed by atoms with Gasteiger partial charge in [0, 0.05) is 0 Å². The van der Waals surface area contributed by atoms with Crippen LogP contribution < -0.4 is 32.3 Å². The molecule has 0 aromatic carbocycles. The van der Waals surface area contributed by atoms with Crippen LogP contribution in [-0.4, -0.2) is 78.9 Å². The molecule has 8 N–H and O–H groups in total. The molecule has 0 bridgehead atoms. The number of rotatable bonds is 11. The summed E-state index contributed by atoms with van der Waals surface area (Å²) in [5.74, 6) is -4.41. The highest BCUT2D eigenvalue weighted by Gasteiger charge is 2.17. The topological polar surface area (TPSA) is 209 Å². The fraction of sp³-hybridized carbons (Fsp3) is 0.571. The third kappa shape index (κ3) is 11.9. The molecular weight excluding hydrogens is 364 g/mol. The minimum atomic E-state index is -1.23. The fourth-order valence-electron chi connectivity index (χ4n) is 1.48. The largest absolute Gasteiger partial charge is 0.480 e. The van der Waals surface area contributed by atoms with Gasteiger partial charge in [-0.15, -0.1) is 0 Å². The summed E-state index contributed by atoms with van der Waals surface area (Å²) >= 11 is 0. The molecule has 0 fully saturated rings. The highest BCUT2D eigenvalue weighted by atomic mass is 16.4. The number of hydrogen-bond acceptors (Lipinski definition) is 7. The van der Waals surface area contributed by atoms with E-state index in [9.17, 15) is 28.8 Å². The van der Waals surface area contributed by atoms with Crippen LogP contribution in [0, 0.1) is 0 Å². The van der Waals surface area contributed by atoms with Crippen molar-refractivity contribution in [3.8, 4) is 0 Å². The highest BCUT2D eigenvalue weighted by Crippen LogP contribution is 1.82. The molecule has 0 aromatic heterocycles. The van der Waals surface area contributed by atoms with Crippen molar-refractivity contribution in [1.82, 2.24) is 26.6 Å². The van der Waals surface area contributed by atoms with Crippen molar-refractivity contribution in [2.45, 2.75) is 25.9 Å². The molecule has 0 aliphatic heterocycles. The van der Waals surface area contributed by atoms with Crippen LogP contribution in [0.3, 0.4) is 0 Å². The summed E-state index contributed by atoms with van der Waals surface area (Å²) < 4.78 is 0. The van der Waals surface area contributed by atoms with Crippen molar-refractivity contribution in [2.24, 2.45) is 5.73 Å². The Balaban J connectivity index is 4.07. The first kappa shape index (κ1) is 23.8. The van der Waals surface area contributed by atoms with E-state index in [-0.39, 0.29) is 6.54 Å². The Morgan fingerprint density at radius 3 is 1.67 bits per heavy atom. The highest BCUT2D eigenvalue weighted by molar-refractivity contribution is 5.93. The number of carboxylic acid groups (broad SMARTS) is 1. The molecular formula is C14H24N6O7. The summed E-state index contributed by atoms with van der Waals surface area (Å²) in [6, 6.07) is -1.77. The molecule has 0 aromatic rings. The van der Waals surface area contributed by atoms with E-state index in [4.69, 9.17) is 10.8 Å². The number of carbonyl (C=O) groups excluding carboxylic acids is 5. The molecule has 152 valence electrons. The summed E-state index contributed by atoms with van der Waals surface area (Å²) in [4.78, 5) is 67.6. The van der Waals surface area contributed by atoms with E-state index in [1.165, 1.54) is 13.8 Å². The van der Waals surface area contributed by atoms with E-state index >= 15 is 0 Å². The zero-order valence-electron chi connectivity index (χ0n) is 15.0. The van der Waals surface area contributed by atoms with Crippen molar-refractivity contribution in [3.05, 3.63) is 0 Å². The van der Waals surface area contributed by atoms with Gasteiger partial charge in [-0.3, -0.25) is 28.8 Å². The summed E-state index contributed by atoms with van der Waals surface area (Å²) in [6.45, 7) is 0.988. The predicted octanol–water partition coefficient (Wildman–Crippen LogP) is -4.61. The molecule has 27 heavy (non-hydrogen) atoms. The van der Waals surface area contributed by atoms with E-state index in [2.05, 4.69) is 26.6 Å². The maximum atomic E-state index is 11.7. The van der Waals surface area contributed by atoms with Gasteiger partial charge in [-0.2, -0.15) is 0 Å². The summed E-state index contributed by atoms with van der Waals surface area (Å²) in [5, 5.41) is 19.5. The van der Waals surface area contributed by atoms with E-state index in [1.54, 1.807) is 0 Å². The third-order valence-electron chi connectivity index (χ3n) is 2.91. The lowest BCUT2D eigenvalue weighted by molar-refractivity contribution is -0.138. The molecule has 0 radical (unpaired) electrons. The van der Waals surface area contributed by atoms with Crippen molar-refractivity contribution >= 4 is 35.5 Å².